The van der Waals surface area contributed by atoms with Crippen LogP contribution in [0.3, 0.4) is 0 Å². The van der Waals surface area contributed by atoms with Crippen LogP contribution in [0.4, 0.5) is 0 Å². The Morgan fingerprint density at radius 1 is 1.16 bits per heavy atom. The van der Waals surface area contributed by atoms with Gasteiger partial charge in [-0.3, -0.25) is 14.4 Å². The summed E-state index contributed by atoms with van der Waals surface area (Å²) >= 11 is 5.90. The SMILES string of the molecule is CC(=O)N[C@H](CC(=O)NC1CCN(C(C)=O)CC1)c1ccc(Cl)cc1. The van der Waals surface area contributed by atoms with Crippen LogP contribution < -0.4 is 10.6 Å². The number of benzene rings is 1. The fourth-order valence-electron chi connectivity index (χ4n) is 3.00. The molecule has 0 spiro atoms. The van der Waals surface area contributed by atoms with Crippen molar-refractivity contribution in [1.29, 1.82) is 0 Å². The standard InChI is InChI=1S/C18H24ClN3O3/c1-12(23)20-17(14-3-5-15(19)6-4-14)11-18(25)21-16-7-9-22(10-8-16)13(2)24/h3-6,16-17H,7-11H2,1-2H3,(H,20,23)(H,21,25)/t17-/m1/s1. The quantitative estimate of drug-likeness (QED) is 0.838. The first-order valence-electron chi connectivity index (χ1n) is 8.42. The van der Waals surface area contributed by atoms with Crippen LogP contribution in [0.5, 0.6) is 0 Å². The van der Waals surface area contributed by atoms with Crippen molar-refractivity contribution in [2.75, 3.05) is 13.1 Å². The van der Waals surface area contributed by atoms with Crippen molar-refractivity contribution in [3.05, 3.63) is 34.9 Å². The van der Waals surface area contributed by atoms with Gasteiger partial charge in [0.1, 0.15) is 0 Å². The van der Waals surface area contributed by atoms with Crippen molar-refractivity contribution in [2.24, 2.45) is 0 Å². The van der Waals surface area contributed by atoms with Crippen LogP contribution >= 0.6 is 11.6 Å². The number of piperidine rings is 1. The normalized spacial score (nSPS) is 16.2. The summed E-state index contributed by atoms with van der Waals surface area (Å²) in [5.41, 5.74) is 0.834. The molecular weight excluding hydrogens is 342 g/mol. The molecule has 1 fully saturated rings. The number of rotatable bonds is 5. The third-order valence-electron chi connectivity index (χ3n) is 4.34. The zero-order valence-electron chi connectivity index (χ0n) is 14.5. The van der Waals surface area contributed by atoms with E-state index in [1.807, 2.05) is 12.1 Å². The molecule has 0 aromatic heterocycles. The second-order valence-electron chi connectivity index (χ2n) is 6.36. The van der Waals surface area contributed by atoms with Gasteiger partial charge >= 0.3 is 0 Å². The van der Waals surface area contributed by atoms with Gasteiger partial charge in [-0.1, -0.05) is 23.7 Å². The summed E-state index contributed by atoms with van der Waals surface area (Å²) in [5, 5.41) is 6.42. The lowest BCUT2D eigenvalue weighted by Crippen LogP contribution is -2.46. The van der Waals surface area contributed by atoms with Crippen LogP contribution in [0.25, 0.3) is 0 Å². The molecule has 0 unspecified atom stereocenters. The summed E-state index contributed by atoms with van der Waals surface area (Å²) in [6.45, 7) is 4.31. The Labute approximate surface area is 152 Å². The number of carbonyl (C=O) groups excluding carboxylic acids is 3. The molecule has 6 nitrogen and oxygen atoms in total. The van der Waals surface area contributed by atoms with Gasteiger partial charge in [0.2, 0.25) is 17.7 Å². The summed E-state index contributed by atoms with van der Waals surface area (Å²) < 4.78 is 0. The largest absolute Gasteiger partial charge is 0.353 e. The predicted octanol–water partition coefficient (Wildman–Crippen LogP) is 2.03. The molecule has 0 saturated carbocycles. The molecule has 0 aliphatic carbocycles. The highest BCUT2D eigenvalue weighted by molar-refractivity contribution is 6.30. The molecule has 25 heavy (non-hydrogen) atoms. The van der Waals surface area contributed by atoms with Crippen molar-refractivity contribution in [2.45, 2.75) is 45.2 Å². The van der Waals surface area contributed by atoms with Gasteiger partial charge in [0, 0.05) is 38.0 Å². The first-order chi connectivity index (χ1) is 11.8. The Morgan fingerprint density at radius 3 is 2.28 bits per heavy atom. The van der Waals surface area contributed by atoms with E-state index in [0.29, 0.717) is 18.1 Å². The molecular formula is C18H24ClN3O3. The minimum atomic E-state index is -0.396. The monoisotopic (exact) mass is 365 g/mol. The molecule has 7 heteroatoms. The zero-order valence-corrected chi connectivity index (χ0v) is 15.3. The molecule has 0 radical (unpaired) electrons. The molecule has 1 aromatic carbocycles. The number of likely N-dealkylation sites (tertiary alicyclic amines) is 1. The second kappa shape index (κ2) is 8.85. The van der Waals surface area contributed by atoms with Gasteiger partial charge in [0.15, 0.2) is 0 Å². The van der Waals surface area contributed by atoms with Crippen LogP contribution in [0.15, 0.2) is 24.3 Å². The van der Waals surface area contributed by atoms with E-state index in [0.717, 1.165) is 18.4 Å². The highest BCUT2D eigenvalue weighted by Gasteiger charge is 2.24. The minimum Gasteiger partial charge on any atom is -0.353 e. The number of halogens is 1. The lowest BCUT2D eigenvalue weighted by Gasteiger charge is -2.32. The number of hydrogen-bond donors (Lipinski definition) is 2. The number of hydrogen-bond acceptors (Lipinski definition) is 3. The predicted molar refractivity (Wildman–Crippen MR) is 96.0 cm³/mol. The maximum Gasteiger partial charge on any atom is 0.222 e. The van der Waals surface area contributed by atoms with Crippen LogP contribution in [-0.2, 0) is 14.4 Å². The summed E-state index contributed by atoms with van der Waals surface area (Å²) in [6.07, 6.45) is 1.66. The molecule has 2 N–H and O–H groups in total. The second-order valence-corrected chi connectivity index (χ2v) is 6.79. The third kappa shape index (κ3) is 6.05. The van der Waals surface area contributed by atoms with Crippen molar-refractivity contribution in [3.8, 4) is 0 Å². The lowest BCUT2D eigenvalue weighted by molar-refractivity contribution is -0.130. The summed E-state index contributed by atoms with van der Waals surface area (Å²) in [7, 11) is 0. The van der Waals surface area contributed by atoms with Crippen molar-refractivity contribution in [1.82, 2.24) is 15.5 Å². The van der Waals surface area contributed by atoms with Crippen molar-refractivity contribution < 1.29 is 14.4 Å². The average Bonchev–Trinajstić information content (AvgIpc) is 2.55. The van der Waals surface area contributed by atoms with Gasteiger partial charge in [0.05, 0.1) is 12.5 Å². The van der Waals surface area contributed by atoms with E-state index in [2.05, 4.69) is 10.6 Å². The van der Waals surface area contributed by atoms with E-state index >= 15 is 0 Å². The fourth-order valence-corrected chi connectivity index (χ4v) is 3.13. The molecule has 3 amide bonds. The molecule has 1 heterocycles. The smallest absolute Gasteiger partial charge is 0.222 e. The van der Waals surface area contributed by atoms with Crippen LogP contribution in [0.2, 0.25) is 5.02 Å². The van der Waals surface area contributed by atoms with E-state index in [-0.39, 0.29) is 30.2 Å². The Balaban J connectivity index is 1.92. The maximum absolute atomic E-state index is 12.4. The highest BCUT2D eigenvalue weighted by atomic mass is 35.5. The van der Waals surface area contributed by atoms with Crippen LogP contribution in [0.1, 0.15) is 44.7 Å². The molecule has 2 rings (SSSR count). The number of nitrogens with one attached hydrogen (secondary N) is 2. The van der Waals surface area contributed by atoms with Gasteiger partial charge in [0.25, 0.3) is 0 Å². The molecule has 1 aliphatic heterocycles. The van der Waals surface area contributed by atoms with Gasteiger partial charge in [-0.25, -0.2) is 0 Å². The van der Waals surface area contributed by atoms with E-state index in [4.69, 9.17) is 11.6 Å². The van der Waals surface area contributed by atoms with Gasteiger partial charge in [-0.05, 0) is 30.5 Å². The van der Waals surface area contributed by atoms with E-state index < -0.39 is 6.04 Å². The molecule has 1 aromatic rings. The van der Waals surface area contributed by atoms with Crippen LogP contribution in [0, 0.1) is 0 Å². The van der Waals surface area contributed by atoms with Gasteiger partial charge in [-0.2, -0.15) is 0 Å². The van der Waals surface area contributed by atoms with Gasteiger partial charge in [-0.15, -0.1) is 0 Å². The Hall–Kier alpha value is -2.08. The number of nitrogens with zero attached hydrogens (tertiary/aromatic N) is 1. The van der Waals surface area contributed by atoms with Crippen molar-refractivity contribution >= 4 is 29.3 Å². The van der Waals surface area contributed by atoms with E-state index in [1.165, 1.54) is 6.92 Å². The Bertz CT molecular complexity index is 625. The first kappa shape index (κ1) is 19.2. The summed E-state index contributed by atoms with van der Waals surface area (Å²) in [4.78, 5) is 37.0. The molecule has 1 aliphatic rings. The average molecular weight is 366 g/mol. The Morgan fingerprint density at radius 2 is 1.76 bits per heavy atom. The first-order valence-corrected chi connectivity index (χ1v) is 8.80. The molecule has 0 bridgehead atoms. The maximum atomic E-state index is 12.4. The number of amides is 3. The van der Waals surface area contributed by atoms with E-state index in [9.17, 15) is 14.4 Å². The van der Waals surface area contributed by atoms with Crippen molar-refractivity contribution in [3.63, 3.8) is 0 Å². The summed E-state index contributed by atoms with van der Waals surface area (Å²) in [6, 6.07) is 6.75. The molecule has 136 valence electrons. The Kier molecular flexibility index (Phi) is 6.82. The highest BCUT2D eigenvalue weighted by Crippen LogP contribution is 2.20. The molecule has 1 atom stereocenters. The van der Waals surface area contributed by atoms with Gasteiger partial charge < -0.3 is 15.5 Å². The third-order valence-corrected chi connectivity index (χ3v) is 4.60. The fraction of sp³-hybridized carbons (Fsp3) is 0.500. The lowest BCUT2D eigenvalue weighted by atomic mass is 10.0. The van der Waals surface area contributed by atoms with Crippen LogP contribution in [-0.4, -0.2) is 41.8 Å². The molecule has 1 saturated heterocycles. The van der Waals surface area contributed by atoms with E-state index in [1.54, 1.807) is 24.0 Å². The number of carbonyl (C=O) groups is 3. The topological polar surface area (TPSA) is 78.5 Å². The zero-order chi connectivity index (χ0) is 18.4. The minimum absolute atomic E-state index is 0.0614. The summed E-state index contributed by atoms with van der Waals surface area (Å²) in [5.74, 6) is -0.240.